The monoisotopic (exact) mass is 682 g/mol. The van der Waals surface area contributed by atoms with Gasteiger partial charge >= 0.3 is 0 Å². The zero-order valence-electron chi connectivity index (χ0n) is 29.6. The minimum Gasteiger partial charge on any atom is -0.0622 e. The van der Waals surface area contributed by atoms with E-state index in [0.717, 1.165) is 0 Å². The van der Waals surface area contributed by atoms with Gasteiger partial charge in [0.15, 0.2) is 0 Å². The van der Waals surface area contributed by atoms with Gasteiger partial charge in [0.25, 0.3) is 0 Å². The summed E-state index contributed by atoms with van der Waals surface area (Å²) in [4.78, 5) is 0. The number of benzene rings is 11. The smallest absolute Gasteiger partial charge is 0.00262 e. The molecule has 11 aromatic carbocycles. The van der Waals surface area contributed by atoms with Crippen LogP contribution < -0.4 is 0 Å². The molecule has 0 heteroatoms. The van der Waals surface area contributed by atoms with E-state index in [1.807, 2.05) is 0 Å². The SMILES string of the molecule is c1ccc(-c2c3ccccc3c(-c3cccc(-c4c5ccccc5c(-c5ccc6c(ccc7ccccc76)c5)c5ccccc45)c3)c3ccccc23)cc1. The number of rotatable bonds is 4. The maximum atomic E-state index is 2.42. The van der Waals surface area contributed by atoms with Gasteiger partial charge in [0, 0.05) is 0 Å². The van der Waals surface area contributed by atoms with E-state index in [4.69, 9.17) is 0 Å². The fourth-order valence-electron chi connectivity index (χ4n) is 9.10. The molecule has 0 atom stereocenters. The van der Waals surface area contributed by atoms with E-state index in [1.165, 1.54) is 109 Å². The molecule has 250 valence electrons. The molecule has 54 heavy (non-hydrogen) atoms. The molecule has 0 bridgehead atoms. The molecule has 0 nitrogen and oxygen atoms in total. The first-order chi connectivity index (χ1) is 26.8. The molecule has 0 aliphatic rings. The molecule has 0 saturated carbocycles. The Labute approximate surface area is 314 Å². The number of fused-ring (bicyclic) bond motifs is 7. The van der Waals surface area contributed by atoms with Crippen LogP contribution in [0, 0.1) is 0 Å². The van der Waals surface area contributed by atoms with Crippen LogP contribution in [0.2, 0.25) is 0 Å². The molecular formula is C54H34. The highest BCUT2D eigenvalue weighted by Gasteiger charge is 2.20. The lowest BCUT2D eigenvalue weighted by Crippen LogP contribution is -1.93. The van der Waals surface area contributed by atoms with Crippen molar-refractivity contribution in [1.82, 2.24) is 0 Å². The van der Waals surface area contributed by atoms with Gasteiger partial charge in [0.05, 0.1) is 0 Å². The minimum absolute atomic E-state index is 1.22. The van der Waals surface area contributed by atoms with Gasteiger partial charge < -0.3 is 0 Å². The average molecular weight is 683 g/mol. The highest BCUT2D eigenvalue weighted by Crippen LogP contribution is 2.47. The van der Waals surface area contributed by atoms with Crippen LogP contribution in [0.5, 0.6) is 0 Å². The lowest BCUT2D eigenvalue weighted by atomic mass is 9.83. The first kappa shape index (κ1) is 30.6. The third-order valence-electron chi connectivity index (χ3n) is 11.4. The van der Waals surface area contributed by atoms with Gasteiger partial charge in [-0.3, -0.25) is 0 Å². The molecule has 0 saturated heterocycles. The Morgan fingerprint density at radius 3 is 0.981 bits per heavy atom. The topological polar surface area (TPSA) is 0 Å². The highest BCUT2D eigenvalue weighted by atomic mass is 14.2. The minimum atomic E-state index is 1.22. The maximum absolute atomic E-state index is 2.42. The Morgan fingerprint density at radius 1 is 0.167 bits per heavy atom. The first-order valence-corrected chi connectivity index (χ1v) is 18.8. The molecule has 0 radical (unpaired) electrons. The number of hydrogen-bond acceptors (Lipinski definition) is 0. The Bertz CT molecular complexity index is 3140. The third-order valence-corrected chi connectivity index (χ3v) is 11.4. The predicted octanol–water partition coefficient (Wildman–Crippen LogP) is 15.3. The fourth-order valence-corrected chi connectivity index (χ4v) is 9.10. The summed E-state index contributed by atoms with van der Waals surface area (Å²) in [5.41, 5.74) is 10.0. The Balaban J connectivity index is 1.16. The van der Waals surface area contributed by atoms with Crippen LogP contribution in [0.4, 0.5) is 0 Å². The van der Waals surface area contributed by atoms with E-state index in [-0.39, 0.29) is 0 Å². The summed E-state index contributed by atoms with van der Waals surface area (Å²) >= 11 is 0. The molecular weight excluding hydrogens is 649 g/mol. The summed E-state index contributed by atoms with van der Waals surface area (Å²) in [5.74, 6) is 0. The van der Waals surface area contributed by atoms with Crippen molar-refractivity contribution in [3.05, 3.63) is 206 Å². The third kappa shape index (κ3) is 4.71. The summed E-state index contributed by atoms with van der Waals surface area (Å²) in [7, 11) is 0. The second-order valence-corrected chi connectivity index (χ2v) is 14.4. The van der Waals surface area contributed by atoms with Crippen molar-refractivity contribution in [1.29, 1.82) is 0 Å². The predicted molar refractivity (Wildman–Crippen MR) is 233 cm³/mol. The van der Waals surface area contributed by atoms with Crippen molar-refractivity contribution in [3.8, 4) is 44.5 Å². The summed E-state index contributed by atoms with van der Waals surface area (Å²) in [6.07, 6.45) is 0. The van der Waals surface area contributed by atoms with Crippen molar-refractivity contribution < 1.29 is 0 Å². The van der Waals surface area contributed by atoms with E-state index in [9.17, 15) is 0 Å². The van der Waals surface area contributed by atoms with Crippen molar-refractivity contribution in [2.45, 2.75) is 0 Å². The van der Waals surface area contributed by atoms with E-state index in [1.54, 1.807) is 0 Å². The van der Waals surface area contributed by atoms with Crippen LogP contribution in [-0.4, -0.2) is 0 Å². The van der Waals surface area contributed by atoms with Crippen molar-refractivity contribution in [2.24, 2.45) is 0 Å². The normalized spacial score (nSPS) is 11.7. The molecule has 0 aliphatic carbocycles. The maximum Gasteiger partial charge on any atom is -0.00262 e. The summed E-state index contributed by atoms with van der Waals surface area (Å²) < 4.78 is 0. The summed E-state index contributed by atoms with van der Waals surface area (Å²) in [6, 6.07) is 76.1. The van der Waals surface area contributed by atoms with Gasteiger partial charge in [-0.2, -0.15) is 0 Å². The zero-order valence-corrected chi connectivity index (χ0v) is 29.6. The van der Waals surface area contributed by atoms with Gasteiger partial charge in [0.1, 0.15) is 0 Å². The molecule has 0 N–H and O–H groups in total. The fraction of sp³-hybridized carbons (Fsp3) is 0. The standard InChI is InChI=1S/C54H34/c1-2-16-36(17-3-1)51-43-21-6-8-23-45(43)52(46-24-9-7-22-44(46)51)38-18-14-19-39(34-38)53-47-25-10-12-27-49(47)54(50-28-13-11-26-48(50)53)40-31-32-42-37(33-40)30-29-35-15-4-5-20-41(35)42/h1-34H. The van der Waals surface area contributed by atoms with E-state index in [2.05, 4.69) is 206 Å². The van der Waals surface area contributed by atoms with E-state index >= 15 is 0 Å². The number of hydrogen-bond donors (Lipinski definition) is 0. The largest absolute Gasteiger partial charge is 0.0622 e. The first-order valence-electron chi connectivity index (χ1n) is 18.8. The van der Waals surface area contributed by atoms with Crippen molar-refractivity contribution >= 4 is 64.6 Å². The second-order valence-electron chi connectivity index (χ2n) is 14.4. The van der Waals surface area contributed by atoms with E-state index in [0.29, 0.717) is 0 Å². The molecule has 0 fully saturated rings. The van der Waals surface area contributed by atoms with Crippen molar-refractivity contribution in [3.63, 3.8) is 0 Å². The van der Waals surface area contributed by atoms with Crippen LogP contribution in [0.3, 0.4) is 0 Å². The van der Waals surface area contributed by atoms with Gasteiger partial charge in [-0.15, -0.1) is 0 Å². The summed E-state index contributed by atoms with van der Waals surface area (Å²) in [5, 5.41) is 15.2. The van der Waals surface area contributed by atoms with Crippen LogP contribution in [0.1, 0.15) is 0 Å². The highest BCUT2D eigenvalue weighted by molar-refractivity contribution is 6.24. The molecule has 11 rings (SSSR count). The van der Waals surface area contributed by atoms with Crippen LogP contribution in [0.25, 0.3) is 109 Å². The molecule has 0 unspecified atom stereocenters. The van der Waals surface area contributed by atoms with Crippen LogP contribution in [0.15, 0.2) is 206 Å². The average Bonchev–Trinajstić information content (AvgIpc) is 3.24. The van der Waals surface area contributed by atoms with Gasteiger partial charge in [0.2, 0.25) is 0 Å². The Morgan fingerprint density at radius 2 is 0.500 bits per heavy atom. The van der Waals surface area contributed by atoms with Gasteiger partial charge in [-0.1, -0.05) is 194 Å². The summed E-state index contributed by atoms with van der Waals surface area (Å²) in [6.45, 7) is 0. The second kappa shape index (κ2) is 12.3. The molecule has 0 heterocycles. The Hall–Kier alpha value is -7.02. The molecule has 0 aromatic heterocycles. The quantitative estimate of drug-likeness (QED) is 0.128. The zero-order chi connectivity index (χ0) is 35.6. The molecule has 0 amide bonds. The molecule has 0 aliphatic heterocycles. The van der Waals surface area contributed by atoms with E-state index < -0.39 is 0 Å². The van der Waals surface area contributed by atoms with Crippen LogP contribution in [-0.2, 0) is 0 Å². The van der Waals surface area contributed by atoms with Gasteiger partial charge in [-0.05, 0) is 121 Å². The van der Waals surface area contributed by atoms with Crippen LogP contribution >= 0.6 is 0 Å². The molecule has 11 aromatic rings. The Kier molecular flexibility index (Phi) is 6.97. The molecule has 0 spiro atoms. The lowest BCUT2D eigenvalue weighted by Gasteiger charge is -2.20. The van der Waals surface area contributed by atoms with Crippen molar-refractivity contribution in [2.75, 3.05) is 0 Å². The van der Waals surface area contributed by atoms with Gasteiger partial charge in [-0.25, -0.2) is 0 Å². The lowest BCUT2D eigenvalue weighted by molar-refractivity contribution is 1.64.